The molecule has 15 heavy (non-hydrogen) atoms. The van der Waals surface area contributed by atoms with Crippen molar-refractivity contribution in [2.24, 2.45) is 0 Å². The second-order valence-corrected chi connectivity index (χ2v) is 3.91. The van der Waals surface area contributed by atoms with Crippen LogP contribution in [-0.2, 0) is 34.0 Å². The van der Waals surface area contributed by atoms with Gasteiger partial charge in [-0.15, -0.1) is 3.63 Å². The number of ether oxygens (including phenoxy) is 1. The lowest BCUT2D eigenvalue weighted by atomic mass is 10.7. The van der Waals surface area contributed by atoms with Crippen LogP contribution in [0.5, 0.6) is 0 Å². The highest BCUT2D eigenvalue weighted by atomic mass is 32.3. The van der Waals surface area contributed by atoms with Crippen LogP contribution in [0, 0.1) is 0 Å². The first-order valence-corrected chi connectivity index (χ1v) is 5.61. The van der Waals surface area contributed by atoms with Crippen LogP contribution in [0.25, 0.3) is 0 Å². The molecule has 0 aromatic heterocycles. The largest absolute Gasteiger partial charge is 0.466 e. The van der Waals surface area contributed by atoms with Crippen LogP contribution in [0.4, 0.5) is 0 Å². The Morgan fingerprint density at radius 3 is 1.53 bits per heavy atom. The maximum atomic E-state index is 9.84. The number of carbonyl (C=O) groups excluding carboxylic acids is 1. The molecule has 0 saturated carbocycles. The molecule has 2 N–H and O–H groups in total. The summed E-state index contributed by atoms with van der Waals surface area (Å²) in [5.41, 5.74) is 0. The van der Waals surface area contributed by atoms with Crippen molar-refractivity contribution in [3.8, 4) is 0 Å². The summed E-state index contributed by atoms with van der Waals surface area (Å²) < 4.78 is 59.7. The van der Waals surface area contributed by atoms with Crippen LogP contribution in [0.2, 0.25) is 0 Å². The monoisotopic (exact) mass is 264 g/mol. The molecule has 0 aliphatic heterocycles. The molecule has 0 aliphatic carbocycles. The number of carbonyl (C=O) groups is 1. The van der Waals surface area contributed by atoms with E-state index in [-0.39, 0.29) is 0 Å². The summed E-state index contributed by atoms with van der Waals surface area (Å²) >= 11 is 0. The van der Waals surface area contributed by atoms with Gasteiger partial charge < -0.3 is 4.74 Å². The van der Waals surface area contributed by atoms with Crippen LogP contribution in [0.3, 0.4) is 0 Å². The smallest absolute Gasteiger partial charge is 0.413 e. The van der Waals surface area contributed by atoms with Gasteiger partial charge >= 0.3 is 26.8 Å². The van der Waals surface area contributed by atoms with Gasteiger partial charge in [0.05, 0.1) is 7.11 Å². The Bertz CT molecular complexity index is 371. The maximum Gasteiger partial charge on any atom is 0.413 e. The molecule has 0 rings (SSSR count). The van der Waals surface area contributed by atoms with Crippen molar-refractivity contribution in [2.45, 2.75) is 0 Å². The fraction of sp³-hybridized carbons (Fsp3) is 0.250. The summed E-state index contributed by atoms with van der Waals surface area (Å²) in [5.74, 6) is -0.394. The molecule has 0 atom stereocenters. The Kier molecular flexibility index (Phi) is 7.08. The summed E-state index contributed by atoms with van der Waals surface area (Å²) in [6.07, 6.45) is 1.11. The molecule has 0 heterocycles. The van der Waals surface area contributed by atoms with E-state index in [2.05, 4.69) is 14.9 Å². The third kappa shape index (κ3) is 19.4. The third-order valence-corrected chi connectivity index (χ3v) is 1.92. The molecule has 0 unspecified atom stereocenters. The van der Waals surface area contributed by atoms with Crippen molar-refractivity contribution in [1.82, 2.24) is 0 Å². The lowest BCUT2D eigenvalue weighted by Crippen LogP contribution is -2.10. The minimum atomic E-state index is -5.12. The summed E-state index contributed by atoms with van der Waals surface area (Å²) in [6, 6.07) is 0. The van der Waals surface area contributed by atoms with E-state index >= 15 is 0 Å². The highest BCUT2D eigenvalue weighted by molar-refractivity contribution is 7.94. The molecule has 0 aromatic carbocycles. The first-order valence-electron chi connectivity index (χ1n) is 2.88. The lowest BCUT2D eigenvalue weighted by Gasteiger charge is -1.89. The van der Waals surface area contributed by atoms with Crippen molar-refractivity contribution < 1.29 is 39.1 Å². The highest BCUT2D eigenvalue weighted by Crippen LogP contribution is 1.91. The number of esters is 1. The second kappa shape index (κ2) is 6.47. The van der Waals surface area contributed by atoms with E-state index in [0.29, 0.717) is 0 Å². The van der Waals surface area contributed by atoms with E-state index in [0.717, 1.165) is 6.08 Å². The van der Waals surface area contributed by atoms with E-state index in [9.17, 15) is 21.6 Å². The SMILES string of the molecule is C=CC(=O)OC.O=S(=O)(O)OS(=O)(=O)O. The van der Waals surface area contributed by atoms with Crippen LogP contribution >= 0.6 is 0 Å². The second-order valence-electron chi connectivity index (χ2n) is 1.65. The molecule has 90 valence electrons. The predicted octanol–water partition coefficient (Wildman–Crippen LogP) is -1.05. The van der Waals surface area contributed by atoms with Gasteiger partial charge in [-0.3, -0.25) is 9.11 Å². The zero-order valence-electron chi connectivity index (χ0n) is 7.35. The molecule has 0 saturated heterocycles. The fourth-order valence-corrected chi connectivity index (χ4v) is 1.06. The lowest BCUT2D eigenvalue weighted by molar-refractivity contribution is -0.134. The molecule has 11 heteroatoms. The zero-order valence-corrected chi connectivity index (χ0v) is 8.99. The van der Waals surface area contributed by atoms with Crippen LogP contribution in [0.1, 0.15) is 0 Å². The van der Waals surface area contributed by atoms with E-state index < -0.39 is 26.8 Å². The van der Waals surface area contributed by atoms with Crippen LogP contribution in [-0.4, -0.2) is 39.0 Å². The van der Waals surface area contributed by atoms with Gasteiger partial charge in [-0.25, -0.2) is 4.79 Å². The molecule has 0 aromatic rings. The Balaban J connectivity index is 0. The fourth-order valence-electron chi connectivity index (χ4n) is 0.192. The van der Waals surface area contributed by atoms with Crippen molar-refractivity contribution in [2.75, 3.05) is 7.11 Å². The topological polar surface area (TPSA) is 144 Å². The summed E-state index contributed by atoms with van der Waals surface area (Å²) in [5, 5.41) is 0. The van der Waals surface area contributed by atoms with E-state index in [1.807, 2.05) is 0 Å². The molecule has 0 amide bonds. The van der Waals surface area contributed by atoms with E-state index in [1.165, 1.54) is 7.11 Å². The van der Waals surface area contributed by atoms with Crippen LogP contribution < -0.4 is 0 Å². The summed E-state index contributed by atoms with van der Waals surface area (Å²) in [6.45, 7) is 3.16. The molecule has 0 spiro atoms. The average Bonchev–Trinajstić information content (AvgIpc) is 1.97. The number of hydrogen-bond acceptors (Lipinski definition) is 7. The van der Waals surface area contributed by atoms with Crippen molar-refractivity contribution in [3.63, 3.8) is 0 Å². The number of methoxy groups -OCH3 is 1. The first-order chi connectivity index (χ1) is 6.52. The average molecular weight is 264 g/mol. The Morgan fingerprint density at radius 1 is 1.20 bits per heavy atom. The van der Waals surface area contributed by atoms with Crippen molar-refractivity contribution in [3.05, 3.63) is 12.7 Å². The normalized spacial score (nSPS) is 10.9. The third-order valence-electron chi connectivity index (χ3n) is 0.540. The molecule has 0 aliphatic rings. The van der Waals surface area contributed by atoms with Gasteiger partial charge in [0.25, 0.3) is 0 Å². The minimum absolute atomic E-state index is 0.394. The van der Waals surface area contributed by atoms with Gasteiger partial charge in [0.1, 0.15) is 0 Å². The van der Waals surface area contributed by atoms with Gasteiger partial charge in [0, 0.05) is 6.08 Å². The van der Waals surface area contributed by atoms with Crippen molar-refractivity contribution >= 4 is 26.8 Å². The molecular weight excluding hydrogens is 256 g/mol. The number of rotatable bonds is 3. The maximum absolute atomic E-state index is 9.84. The van der Waals surface area contributed by atoms with E-state index in [4.69, 9.17) is 9.11 Å². The van der Waals surface area contributed by atoms with Crippen molar-refractivity contribution in [1.29, 1.82) is 0 Å². The van der Waals surface area contributed by atoms with Gasteiger partial charge in [0.2, 0.25) is 0 Å². The first kappa shape index (κ1) is 16.4. The highest BCUT2D eigenvalue weighted by Gasteiger charge is 2.15. The Morgan fingerprint density at radius 2 is 1.53 bits per heavy atom. The van der Waals surface area contributed by atoms with Gasteiger partial charge in [-0.2, -0.15) is 16.8 Å². The molecule has 0 bridgehead atoms. The minimum Gasteiger partial charge on any atom is -0.466 e. The van der Waals surface area contributed by atoms with Gasteiger partial charge in [-0.1, -0.05) is 6.58 Å². The molecule has 0 radical (unpaired) electrons. The Labute approximate surface area is 86.2 Å². The zero-order chi connectivity index (χ0) is 12.7. The van der Waals surface area contributed by atoms with Gasteiger partial charge in [0.15, 0.2) is 0 Å². The number of hydrogen-bond donors (Lipinski definition) is 2. The van der Waals surface area contributed by atoms with E-state index in [1.54, 1.807) is 0 Å². The van der Waals surface area contributed by atoms with Crippen LogP contribution in [0.15, 0.2) is 12.7 Å². The summed E-state index contributed by atoms with van der Waals surface area (Å²) in [7, 11) is -8.93. The standard InChI is InChI=1S/C4H6O2.H2O7S2/c1-3-4(5)6-2;1-8(2,3)7-9(4,5)6/h3H,1H2,2H3;(H,1,2,3)(H,4,5,6). The quantitative estimate of drug-likeness (QED) is 0.370. The molecule has 9 nitrogen and oxygen atoms in total. The van der Waals surface area contributed by atoms with Gasteiger partial charge in [-0.05, 0) is 0 Å². The molecule has 0 fully saturated rings. The Hall–Kier alpha value is -1.01. The summed E-state index contributed by atoms with van der Waals surface area (Å²) in [4.78, 5) is 9.84. The molecular formula is C4H8O9S2. The predicted molar refractivity (Wildman–Crippen MR) is 46.4 cm³/mol.